The highest BCUT2D eigenvalue weighted by molar-refractivity contribution is 5.96. The Kier molecular flexibility index (Phi) is 6.51. The maximum absolute atomic E-state index is 13.5. The monoisotopic (exact) mass is 424 g/mol. The molecule has 0 aliphatic carbocycles. The average Bonchev–Trinajstić information content (AvgIpc) is 3.20. The average molecular weight is 424 g/mol. The quantitative estimate of drug-likeness (QED) is 0.342. The number of amides is 2. The predicted octanol–water partition coefficient (Wildman–Crippen LogP) is 3.18. The summed E-state index contributed by atoms with van der Waals surface area (Å²) in [6.45, 7) is 1.34. The van der Waals surface area contributed by atoms with Crippen LogP contribution in [0.4, 0.5) is 10.1 Å². The van der Waals surface area contributed by atoms with E-state index in [1.807, 2.05) is 0 Å². The molecule has 0 radical (unpaired) electrons. The molecular formula is C21H17FN4O5. The number of nitrogens with zero attached hydrogens (tertiary/aromatic N) is 2. The van der Waals surface area contributed by atoms with Crippen molar-refractivity contribution in [1.82, 2.24) is 10.7 Å². The topological polar surface area (TPSA) is 127 Å². The zero-order chi connectivity index (χ0) is 22.4. The van der Waals surface area contributed by atoms with Crippen molar-refractivity contribution in [2.45, 2.75) is 6.92 Å². The Morgan fingerprint density at radius 1 is 1.19 bits per heavy atom. The number of nitro benzene ring substituents is 1. The fourth-order valence-electron chi connectivity index (χ4n) is 2.71. The molecule has 0 atom stereocenters. The van der Waals surface area contributed by atoms with Gasteiger partial charge in [0.15, 0.2) is 0 Å². The molecule has 1 heterocycles. The molecule has 0 saturated carbocycles. The number of non-ortho nitro benzene ring substituents is 1. The molecule has 2 N–H and O–H groups in total. The highest BCUT2D eigenvalue weighted by Gasteiger charge is 2.13. The Bertz CT molecular complexity index is 1170. The largest absolute Gasteiger partial charge is 0.455 e. The van der Waals surface area contributed by atoms with Gasteiger partial charge in [-0.3, -0.25) is 19.7 Å². The predicted molar refractivity (Wildman–Crippen MR) is 110 cm³/mol. The van der Waals surface area contributed by atoms with Crippen molar-refractivity contribution in [3.8, 4) is 11.3 Å². The summed E-state index contributed by atoms with van der Waals surface area (Å²) in [7, 11) is 0. The number of hydrogen-bond acceptors (Lipinski definition) is 6. The van der Waals surface area contributed by atoms with Crippen LogP contribution in [-0.4, -0.2) is 29.5 Å². The first-order chi connectivity index (χ1) is 14.8. The van der Waals surface area contributed by atoms with Crippen molar-refractivity contribution in [2.24, 2.45) is 5.10 Å². The van der Waals surface area contributed by atoms with Crippen LogP contribution < -0.4 is 10.7 Å². The normalized spacial score (nSPS) is 10.8. The van der Waals surface area contributed by atoms with Gasteiger partial charge in [-0.1, -0.05) is 12.1 Å². The first-order valence-electron chi connectivity index (χ1n) is 9.05. The fraction of sp³-hybridized carbons (Fsp3) is 0.0952. The standard InChI is InChI=1S/C21H17FN4O5/c1-13-10-14(26(29)30)6-8-16(13)19-9-7-15(31-19)11-24-25-20(27)12-23-21(28)17-4-2-3-5-18(17)22/h2-11H,12H2,1H3,(H,23,28)(H,25,27)/b24-11-. The second-order valence-corrected chi connectivity index (χ2v) is 6.41. The van der Waals surface area contributed by atoms with Gasteiger partial charge in [0.2, 0.25) is 0 Å². The number of furan rings is 1. The summed E-state index contributed by atoms with van der Waals surface area (Å²) < 4.78 is 19.2. The first kappa shape index (κ1) is 21.4. The molecule has 3 rings (SSSR count). The lowest BCUT2D eigenvalue weighted by molar-refractivity contribution is -0.384. The molecule has 0 saturated heterocycles. The lowest BCUT2D eigenvalue weighted by atomic mass is 10.1. The Hall–Kier alpha value is -4.34. The Labute approximate surface area is 175 Å². The summed E-state index contributed by atoms with van der Waals surface area (Å²) in [6.07, 6.45) is 1.26. The molecule has 0 spiro atoms. The maximum atomic E-state index is 13.5. The van der Waals surface area contributed by atoms with Crippen molar-refractivity contribution >= 4 is 23.7 Å². The van der Waals surface area contributed by atoms with Crippen molar-refractivity contribution in [1.29, 1.82) is 0 Å². The van der Waals surface area contributed by atoms with Crippen LogP contribution in [0.5, 0.6) is 0 Å². The summed E-state index contributed by atoms with van der Waals surface area (Å²) in [6, 6.07) is 13.1. The van der Waals surface area contributed by atoms with Crippen molar-refractivity contribution in [2.75, 3.05) is 6.54 Å². The van der Waals surface area contributed by atoms with Gasteiger partial charge in [0, 0.05) is 17.7 Å². The SMILES string of the molecule is Cc1cc([N+](=O)[O-])ccc1-c1ccc(/C=N\NC(=O)CNC(=O)c2ccccc2F)o1. The minimum Gasteiger partial charge on any atom is -0.455 e. The van der Waals surface area contributed by atoms with E-state index in [9.17, 15) is 24.1 Å². The van der Waals surface area contributed by atoms with Gasteiger partial charge in [0.25, 0.3) is 17.5 Å². The smallest absolute Gasteiger partial charge is 0.269 e. The van der Waals surface area contributed by atoms with Gasteiger partial charge < -0.3 is 9.73 Å². The van der Waals surface area contributed by atoms with Gasteiger partial charge in [-0.25, -0.2) is 9.82 Å². The van der Waals surface area contributed by atoms with E-state index in [2.05, 4.69) is 15.8 Å². The summed E-state index contributed by atoms with van der Waals surface area (Å²) in [5.41, 5.74) is 3.40. The number of rotatable bonds is 7. The van der Waals surface area contributed by atoms with Gasteiger partial charge >= 0.3 is 0 Å². The van der Waals surface area contributed by atoms with E-state index in [1.165, 1.54) is 36.5 Å². The molecule has 10 heteroatoms. The lowest BCUT2D eigenvalue weighted by Crippen LogP contribution is -2.35. The fourth-order valence-corrected chi connectivity index (χ4v) is 2.71. The van der Waals surface area contributed by atoms with E-state index in [-0.39, 0.29) is 11.3 Å². The number of carbonyl (C=O) groups excluding carboxylic acids is 2. The van der Waals surface area contributed by atoms with Gasteiger partial charge in [-0.15, -0.1) is 0 Å². The number of hydrogen-bond donors (Lipinski definition) is 2. The molecule has 0 aliphatic heterocycles. The molecule has 9 nitrogen and oxygen atoms in total. The molecule has 0 bridgehead atoms. The highest BCUT2D eigenvalue weighted by atomic mass is 19.1. The second kappa shape index (κ2) is 9.44. The third-order valence-corrected chi connectivity index (χ3v) is 4.22. The van der Waals surface area contributed by atoms with Crippen molar-refractivity contribution in [3.63, 3.8) is 0 Å². The van der Waals surface area contributed by atoms with E-state index >= 15 is 0 Å². The van der Waals surface area contributed by atoms with Gasteiger partial charge in [0.05, 0.1) is 23.2 Å². The number of nitrogens with one attached hydrogen (secondary N) is 2. The van der Waals surface area contributed by atoms with Gasteiger partial charge in [-0.2, -0.15) is 5.10 Å². The number of nitro groups is 1. The van der Waals surface area contributed by atoms with Crippen LogP contribution in [0.15, 0.2) is 64.1 Å². The lowest BCUT2D eigenvalue weighted by Gasteiger charge is -2.04. The zero-order valence-electron chi connectivity index (χ0n) is 16.3. The molecule has 158 valence electrons. The summed E-state index contributed by atoms with van der Waals surface area (Å²) in [5.74, 6) is -1.19. The molecule has 2 amide bonds. The molecule has 0 aliphatic rings. The van der Waals surface area contributed by atoms with E-state index in [0.29, 0.717) is 22.6 Å². The molecule has 0 unspecified atom stereocenters. The first-order valence-corrected chi connectivity index (χ1v) is 9.05. The molecular weight excluding hydrogens is 407 g/mol. The van der Waals surface area contributed by atoms with E-state index in [0.717, 1.165) is 6.07 Å². The number of hydrazone groups is 1. The van der Waals surface area contributed by atoms with Crippen molar-refractivity contribution < 1.29 is 23.3 Å². The second-order valence-electron chi connectivity index (χ2n) is 6.41. The van der Waals surface area contributed by atoms with E-state index in [1.54, 1.807) is 25.1 Å². The molecule has 2 aromatic carbocycles. The molecule has 31 heavy (non-hydrogen) atoms. The van der Waals surface area contributed by atoms with Crippen LogP contribution in [0.1, 0.15) is 21.7 Å². The molecule has 3 aromatic rings. The number of halogens is 1. The third-order valence-electron chi connectivity index (χ3n) is 4.22. The van der Waals surface area contributed by atoms with Crippen LogP contribution in [0, 0.1) is 22.9 Å². The van der Waals surface area contributed by atoms with Crippen LogP contribution in [-0.2, 0) is 4.79 Å². The number of aryl methyl sites for hydroxylation is 1. The minimum absolute atomic E-state index is 0.0144. The van der Waals surface area contributed by atoms with Crippen LogP contribution in [0.25, 0.3) is 11.3 Å². The summed E-state index contributed by atoms with van der Waals surface area (Å²) >= 11 is 0. The zero-order valence-corrected chi connectivity index (χ0v) is 16.3. The van der Waals surface area contributed by atoms with E-state index in [4.69, 9.17) is 4.42 Å². The summed E-state index contributed by atoms with van der Waals surface area (Å²) in [5, 5.41) is 16.9. The van der Waals surface area contributed by atoms with Gasteiger partial charge in [0.1, 0.15) is 17.3 Å². The summed E-state index contributed by atoms with van der Waals surface area (Å²) in [4.78, 5) is 34.0. The van der Waals surface area contributed by atoms with Crippen LogP contribution in [0.3, 0.4) is 0 Å². The van der Waals surface area contributed by atoms with E-state index < -0.39 is 29.1 Å². The Morgan fingerprint density at radius 3 is 2.68 bits per heavy atom. The van der Waals surface area contributed by atoms with Crippen LogP contribution >= 0.6 is 0 Å². The highest BCUT2D eigenvalue weighted by Crippen LogP contribution is 2.28. The minimum atomic E-state index is -0.716. The molecule has 0 fully saturated rings. The maximum Gasteiger partial charge on any atom is 0.269 e. The third kappa shape index (κ3) is 5.38. The Morgan fingerprint density at radius 2 is 1.97 bits per heavy atom. The molecule has 1 aromatic heterocycles. The van der Waals surface area contributed by atoms with Crippen molar-refractivity contribution in [3.05, 3.63) is 87.4 Å². The van der Waals surface area contributed by atoms with Gasteiger partial charge in [-0.05, 0) is 42.8 Å². The Balaban J connectivity index is 1.54. The number of benzene rings is 2. The van der Waals surface area contributed by atoms with Crippen LogP contribution in [0.2, 0.25) is 0 Å². The number of carbonyl (C=O) groups is 2.